The third-order valence-electron chi connectivity index (χ3n) is 3.06. The van der Waals surface area contributed by atoms with Crippen molar-refractivity contribution in [2.75, 3.05) is 0 Å². The molecule has 0 amide bonds. The monoisotopic (exact) mass is 312 g/mol. The van der Waals surface area contributed by atoms with Gasteiger partial charge in [-0.25, -0.2) is 0 Å². The average Bonchev–Trinajstić information content (AvgIpc) is 2.47. The Kier molecular flexibility index (Phi) is 5.50. The molecule has 0 saturated heterocycles. The van der Waals surface area contributed by atoms with Crippen LogP contribution in [0.1, 0.15) is 17.2 Å². The molecule has 6 heteroatoms. The number of hydrazine groups is 1. The van der Waals surface area contributed by atoms with E-state index in [1.54, 1.807) is 12.1 Å². The van der Waals surface area contributed by atoms with Crippen LogP contribution < -0.4 is 16.0 Å². The summed E-state index contributed by atoms with van der Waals surface area (Å²) in [4.78, 5) is 0. The lowest BCUT2D eigenvalue weighted by atomic mass is 9.99. The van der Waals surface area contributed by atoms with E-state index >= 15 is 0 Å². The van der Waals surface area contributed by atoms with E-state index in [1.165, 1.54) is 12.1 Å². The van der Waals surface area contributed by atoms with Crippen LogP contribution in [0.4, 0.5) is 8.78 Å². The molecular formula is C15H15ClF2N2O. The number of alkyl halides is 2. The molecular weight excluding hydrogens is 298 g/mol. The van der Waals surface area contributed by atoms with Gasteiger partial charge in [-0.15, -0.1) is 0 Å². The lowest BCUT2D eigenvalue weighted by Crippen LogP contribution is -2.29. The van der Waals surface area contributed by atoms with Gasteiger partial charge in [0.05, 0.1) is 0 Å². The van der Waals surface area contributed by atoms with Gasteiger partial charge in [0.1, 0.15) is 5.75 Å². The molecule has 0 aromatic heterocycles. The Balaban J connectivity index is 2.08. The van der Waals surface area contributed by atoms with Crippen molar-refractivity contribution in [2.24, 2.45) is 5.84 Å². The molecule has 112 valence electrons. The number of rotatable bonds is 6. The second kappa shape index (κ2) is 7.36. The Morgan fingerprint density at radius 2 is 1.67 bits per heavy atom. The topological polar surface area (TPSA) is 47.3 Å². The molecule has 1 atom stereocenters. The average molecular weight is 313 g/mol. The molecule has 0 bridgehead atoms. The Morgan fingerprint density at radius 3 is 2.19 bits per heavy atom. The molecule has 0 spiro atoms. The van der Waals surface area contributed by atoms with Crippen LogP contribution in [-0.4, -0.2) is 6.61 Å². The maximum Gasteiger partial charge on any atom is 0.387 e. The van der Waals surface area contributed by atoms with E-state index in [1.807, 2.05) is 24.3 Å². The van der Waals surface area contributed by atoms with Crippen LogP contribution in [0.2, 0.25) is 5.02 Å². The molecule has 2 rings (SSSR count). The minimum absolute atomic E-state index is 0.121. The van der Waals surface area contributed by atoms with Crippen molar-refractivity contribution in [1.29, 1.82) is 0 Å². The molecule has 0 heterocycles. The van der Waals surface area contributed by atoms with Crippen molar-refractivity contribution < 1.29 is 13.5 Å². The van der Waals surface area contributed by atoms with E-state index in [2.05, 4.69) is 10.2 Å². The van der Waals surface area contributed by atoms with E-state index in [0.717, 1.165) is 11.1 Å². The molecule has 1 unspecified atom stereocenters. The first kappa shape index (κ1) is 15.7. The van der Waals surface area contributed by atoms with Crippen LogP contribution in [0.15, 0.2) is 48.5 Å². The lowest BCUT2D eigenvalue weighted by Gasteiger charge is -2.17. The first-order valence-corrected chi connectivity index (χ1v) is 6.71. The number of benzene rings is 2. The summed E-state index contributed by atoms with van der Waals surface area (Å²) in [5.74, 6) is 5.70. The van der Waals surface area contributed by atoms with Crippen LogP contribution in [0.5, 0.6) is 5.75 Å². The largest absolute Gasteiger partial charge is 0.435 e. The second-order valence-electron chi connectivity index (χ2n) is 4.50. The molecule has 0 saturated carbocycles. The highest BCUT2D eigenvalue weighted by Crippen LogP contribution is 2.22. The van der Waals surface area contributed by atoms with Crippen molar-refractivity contribution in [3.8, 4) is 5.75 Å². The third-order valence-corrected chi connectivity index (χ3v) is 3.31. The van der Waals surface area contributed by atoms with Crippen molar-refractivity contribution >= 4 is 11.6 Å². The quantitative estimate of drug-likeness (QED) is 0.632. The van der Waals surface area contributed by atoms with E-state index < -0.39 is 6.61 Å². The van der Waals surface area contributed by atoms with Gasteiger partial charge in [0.2, 0.25) is 0 Å². The normalized spacial score (nSPS) is 12.4. The first-order valence-electron chi connectivity index (χ1n) is 6.34. The fourth-order valence-electron chi connectivity index (χ4n) is 2.01. The predicted octanol–water partition coefficient (Wildman–Crippen LogP) is 3.69. The summed E-state index contributed by atoms with van der Waals surface area (Å²) in [6.45, 7) is -2.83. The van der Waals surface area contributed by atoms with Gasteiger partial charge in [0.15, 0.2) is 0 Å². The van der Waals surface area contributed by atoms with Crippen LogP contribution >= 0.6 is 11.6 Å². The summed E-state index contributed by atoms with van der Waals surface area (Å²) >= 11 is 5.84. The number of hydrogen-bond donors (Lipinski definition) is 2. The number of halogens is 3. The van der Waals surface area contributed by atoms with Gasteiger partial charge < -0.3 is 4.74 Å². The number of nitrogens with one attached hydrogen (secondary N) is 1. The van der Waals surface area contributed by atoms with E-state index in [-0.39, 0.29) is 11.8 Å². The van der Waals surface area contributed by atoms with Crippen molar-refractivity contribution in [3.63, 3.8) is 0 Å². The van der Waals surface area contributed by atoms with Crippen LogP contribution in [-0.2, 0) is 6.42 Å². The van der Waals surface area contributed by atoms with Crippen molar-refractivity contribution in [2.45, 2.75) is 19.1 Å². The number of nitrogens with two attached hydrogens (primary N) is 1. The SMILES string of the molecule is NNC(Cc1ccc(Cl)cc1)c1ccc(OC(F)F)cc1. The highest BCUT2D eigenvalue weighted by molar-refractivity contribution is 6.30. The van der Waals surface area contributed by atoms with Gasteiger partial charge in [-0.3, -0.25) is 11.3 Å². The van der Waals surface area contributed by atoms with Gasteiger partial charge in [-0.2, -0.15) is 8.78 Å². The van der Waals surface area contributed by atoms with Gasteiger partial charge in [0, 0.05) is 11.1 Å². The fraction of sp³-hybridized carbons (Fsp3) is 0.200. The summed E-state index contributed by atoms with van der Waals surface area (Å²) < 4.78 is 28.5. The van der Waals surface area contributed by atoms with Gasteiger partial charge in [-0.05, 0) is 41.8 Å². The zero-order valence-electron chi connectivity index (χ0n) is 11.1. The predicted molar refractivity (Wildman–Crippen MR) is 78.3 cm³/mol. The van der Waals surface area contributed by atoms with Crippen LogP contribution in [0.3, 0.4) is 0 Å². The molecule has 0 aliphatic rings. The van der Waals surface area contributed by atoms with E-state index in [9.17, 15) is 8.78 Å². The maximum atomic E-state index is 12.1. The molecule has 3 N–H and O–H groups in total. The summed E-state index contributed by atoms with van der Waals surface area (Å²) in [5, 5.41) is 0.671. The molecule has 0 aliphatic heterocycles. The summed E-state index contributed by atoms with van der Waals surface area (Å²) in [7, 11) is 0. The fourth-order valence-corrected chi connectivity index (χ4v) is 2.14. The molecule has 0 aliphatic carbocycles. The Labute approximate surface area is 126 Å². The Hall–Kier alpha value is -1.69. The molecule has 21 heavy (non-hydrogen) atoms. The maximum absolute atomic E-state index is 12.1. The molecule has 2 aromatic carbocycles. The number of hydrogen-bond acceptors (Lipinski definition) is 3. The minimum atomic E-state index is -2.83. The first-order chi connectivity index (χ1) is 10.1. The van der Waals surface area contributed by atoms with Gasteiger partial charge in [-0.1, -0.05) is 35.9 Å². The highest BCUT2D eigenvalue weighted by Gasteiger charge is 2.11. The zero-order valence-corrected chi connectivity index (χ0v) is 11.9. The second-order valence-corrected chi connectivity index (χ2v) is 4.93. The summed E-state index contributed by atoms with van der Waals surface area (Å²) in [6, 6.07) is 13.7. The summed E-state index contributed by atoms with van der Waals surface area (Å²) in [5.41, 5.74) is 4.67. The molecule has 0 radical (unpaired) electrons. The molecule has 2 aromatic rings. The smallest absolute Gasteiger partial charge is 0.387 e. The third kappa shape index (κ3) is 4.67. The Morgan fingerprint density at radius 1 is 1.05 bits per heavy atom. The molecule has 0 fully saturated rings. The lowest BCUT2D eigenvalue weighted by molar-refractivity contribution is -0.0498. The highest BCUT2D eigenvalue weighted by atomic mass is 35.5. The van der Waals surface area contributed by atoms with Crippen molar-refractivity contribution in [1.82, 2.24) is 5.43 Å². The van der Waals surface area contributed by atoms with Crippen molar-refractivity contribution in [3.05, 3.63) is 64.7 Å². The summed E-state index contributed by atoms with van der Waals surface area (Å²) in [6.07, 6.45) is 0.655. The molecule has 3 nitrogen and oxygen atoms in total. The van der Waals surface area contributed by atoms with Gasteiger partial charge >= 0.3 is 6.61 Å². The van der Waals surface area contributed by atoms with E-state index in [0.29, 0.717) is 11.4 Å². The van der Waals surface area contributed by atoms with Crippen LogP contribution in [0.25, 0.3) is 0 Å². The van der Waals surface area contributed by atoms with Crippen LogP contribution in [0, 0.1) is 0 Å². The van der Waals surface area contributed by atoms with Gasteiger partial charge in [0.25, 0.3) is 0 Å². The standard InChI is InChI=1S/C15H15ClF2N2O/c16-12-5-1-10(2-6-12)9-14(20-19)11-3-7-13(8-4-11)21-15(17)18/h1-8,14-15,20H,9,19H2. The number of ether oxygens (including phenoxy) is 1. The minimum Gasteiger partial charge on any atom is -0.435 e. The van der Waals surface area contributed by atoms with E-state index in [4.69, 9.17) is 17.4 Å². The Bertz CT molecular complexity index is 561. The zero-order chi connectivity index (χ0) is 15.2.